The molecule has 12 heteroatoms. The molecule has 0 unspecified atom stereocenters. The van der Waals surface area contributed by atoms with Crippen LogP contribution < -0.4 is 14.4 Å². The molecule has 0 radical (unpaired) electrons. The first-order valence-corrected chi connectivity index (χ1v) is 12.1. The van der Waals surface area contributed by atoms with Gasteiger partial charge in [-0.1, -0.05) is 6.07 Å². The van der Waals surface area contributed by atoms with Crippen molar-refractivity contribution in [1.29, 1.82) is 0 Å². The first-order chi connectivity index (χ1) is 17.9. The van der Waals surface area contributed by atoms with Gasteiger partial charge in [-0.25, -0.2) is 14.0 Å². The van der Waals surface area contributed by atoms with E-state index in [0.717, 1.165) is 0 Å². The third kappa shape index (κ3) is 7.02. The van der Waals surface area contributed by atoms with Crippen molar-refractivity contribution in [3.63, 3.8) is 0 Å². The second-order valence-electron chi connectivity index (χ2n) is 9.68. The minimum Gasteiger partial charge on any atom is -0.496 e. The number of benzene rings is 1. The molecule has 38 heavy (non-hydrogen) atoms. The number of carbonyl (C=O) groups is 2. The van der Waals surface area contributed by atoms with Gasteiger partial charge in [0.25, 0.3) is 0 Å². The highest BCUT2D eigenvalue weighted by Crippen LogP contribution is 2.29. The van der Waals surface area contributed by atoms with Crippen LogP contribution in [-0.4, -0.2) is 90.1 Å². The van der Waals surface area contributed by atoms with Crippen LogP contribution in [0.2, 0.25) is 0 Å². The van der Waals surface area contributed by atoms with Crippen LogP contribution in [0.1, 0.15) is 37.6 Å². The zero-order valence-corrected chi connectivity index (χ0v) is 22.5. The van der Waals surface area contributed by atoms with Crippen LogP contribution in [0.5, 0.6) is 11.8 Å². The van der Waals surface area contributed by atoms with E-state index in [0.29, 0.717) is 35.9 Å². The molecule has 1 N–H and O–H groups in total. The van der Waals surface area contributed by atoms with Crippen molar-refractivity contribution < 1.29 is 33.3 Å². The number of halogens is 1. The molecule has 0 spiro atoms. The van der Waals surface area contributed by atoms with Gasteiger partial charge in [0.15, 0.2) is 0 Å². The monoisotopic (exact) mass is 531 g/mol. The van der Waals surface area contributed by atoms with Gasteiger partial charge in [-0.2, -0.15) is 9.97 Å². The Hall–Kier alpha value is -4.09. The number of amides is 2. The maximum atomic E-state index is 14.6. The van der Waals surface area contributed by atoms with Gasteiger partial charge in [0.05, 0.1) is 32.0 Å². The van der Waals surface area contributed by atoms with Crippen LogP contribution in [0.3, 0.4) is 0 Å². The highest BCUT2D eigenvalue weighted by Gasteiger charge is 2.28. The van der Waals surface area contributed by atoms with E-state index in [1.165, 1.54) is 30.1 Å². The number of nitrogens with zero attached hydrogens (tertiary/aromatic N) is 5. The molecule has 2 aromatic rings. The summed E-state index contributed by atoms with van der Waals surface area (Å²) in [5, 5.41) is 9.35. The SMILES string of the molecule is COc1nc(C=Cc2c(F)cccc2OC)c(CN(C)C(=O)OC(C)(C)C)c(N2CCN(C(=O)O)CC2)n1. The number of hydrogen-bond acceptors (Lipinski definition) is 8. The van der Waals surface area contributed by atoms with Gasteiger partial charge >= 0.3 is 18.2 Å². The topological polar surface area (TPSA) is 118 Å². The third-order valence-corrected chi connectivity index (χ3v) is 5.77. The minimum absolute atomic E-state index is 0.0709. The smallest absolute Gasteiger partial charge is 0.410 e. The van der Waals surface area contributed by atoms with E-state index >= 15 is 0 Å². The second kappa shape index (κ2) is 12.0. The normalized spacial score (nSPS) is 14.0. The molecule has 0 saturated carbocycles. The lowest BCUT2D eigenvalue weighted by molar-refractivity contribution is 0.0285. The minimum atomic E-state index is -0.989. The first-order valence-electron chi connectivity index (χ1n) is 12.1. The number of piperazine rings is 1. The Bertz CT molecular complexity index is 1190. The molecule has 0 atom stereocenters. The Morgan fingerprint density at radius 2 is 1.79 bits per heavy atom. The second-order valence-corrected chi connectivity index (χ2v) is 9.68. The molecule has 0 bridgehead atoms. The first kappa shape index (κ1) is 28.5. The summed E-state index contributed by atoms with van der Waals surface area (Å²) in [7, 11) is 4.48. The van der Waals surface area contributed by atoms with Crippen molar-refractivity contribution in [3.05, 3.63) is 40.8 Å². The molecule has 2 heterocycles. The van der Waals surface area contributed by atoms with E-state index in [1.807, 2.05) is 4.90 Å². The standard InChI is InChI=1S/C26H34FN5O6/c1-26(2,3)38-25(35)30(4)16-18-20(11-10-17-19(27)8-7-9-21(17)36-5)28-23(37-6)29-22(18)31-12-14-32(15-13-31)24(33)34/h7-11H,12-16H2,1-6H3,(H,33,34). The van der Waals surface area contributed by atoms with Crippen LogP contribution in [0.4, 0.5) is 19.8 Å². The lowest BCUT2D eigenvalue weighted by atomic mass is 10.1. The van der Waals surface area contributed by atoms with E-state index in [9.17, 15) is 19.1 Å². The summed E-state index contributed by atoms with van der Waals surface area (Å²) in [6.45, 7) is 6.71. The van der Waals surface area contributed by atoms with Gasteiger partial charge in [-0.05, 0) is 45.1 Å². The lowest BCUT2D eigenvalue weighted by Gasteiger charge is -2.35. The van der Waals surface area contributed by atoms with Crippen molar-refractivity contribution in [2.75, 3.05) is 52.3 Å². The van der Waals surface area contributed by atoms with Crippen molar-refractivity contribution in [1.82, 2.24) is 19.8 Å². The van der Waals surface area contributed by atoms with E-state index in [2.05, 4.69) is 9.97 Å². The number of methoxy groups -OCH3 is 2. The largest absolute Gasteiger partial charge is 0.496 e. The number of carboxylic acid groups (broad SMARTS) is 1. The molecule has 206 valence electrons. The van der Waals surface area contributed by atoms with E-state index in [-0.39, 0.29) is 31.2 Å². The Labute approximate surface area is 221 Å². The highest BCUT2D eigenvalue weighted by molar-refractivity contribution is 5.75. The number of hydrogen-bond donors (Lipinski definition) is 1. The van der Waals surface area contributed by atoms with E-state index in [1.54, 1.807) is 52.1 Å². The number of rotatable bonds is 7. The zero-order chi connectivity index (χ0) is 28.0. The molecule has 3 rings (SSSR count). The number of carbonyl (C=O) groups excluding carboxylic acids is 1. The van der Waals surface area contributed by atoms with Crippen LogP contribution in [0.25, 0.3) is 12.2 Å². The summed E-state index contributed by atoms with van der Waals surface area (Å²) in [6, 6.07) is 4.60. The Balaban J connectivity index is 2.08. The predicted octanol–water partition coefficient (Wildman–Crippen LogP) is 3.97. The number of ether oxygens (including phenoxy) is 3. The Morgan fingerprint density at radius 3 is 2.37 bits per heavy atom. The molecule has 1 saturated heterocycles. The molecule has 2 amide bonds. The average molecular weight is 532 g/mol. The maximum absolute atomic E-state index is 14.6. The molecular weight excluding hydrogens is 497 g/mol. The molecule has 1 aromatic carbocycles. The predicted molar refractivity (Wildman–Crippen MR) is 140 cm³/mol. The van der Waals surface area contributed by atoms with Crippen molar-refractivity contribution >= 4 is 30.2 Å². The van der Waals surface area contributed by atoms with Crippen LogP contribution in [-0.2, 0) is 11.3 Å². The van der Waals surface area contributed by atoms with Gasteiger partial charge < -0.3 is 34.0 Å². The molecule has 1 aliphatic rings. The summed E-state index contributed by atoms with van der Waals surface area (Å²) in [5.41, 5.74) is 0.500. The van der Waals surface area contributed by atoms with Crippen LogP contribution in [0, 0.1) is 5.82 Å². The van der Waals surface area contributed by atoms with Gasteiger partial charge in [-0.15, -0.1) is 0 Å². The number of anilines is 1. The van der Waals surface area contributed by atoms with Crippen molar-refractivity contribution in [3.8, 4) is 11.8 Å². The van der Waals surface area contributed by atoms with Crippen LogP contribution in [0.15, 0.2) is 18.2 Å². The molecule has 1 fully saturated rings. The van der Waals surface area contributed by atoms with Crippen molar-refractivity contribution in [2.45, 2.75) is 32.9 Å². The van der Waals surface area contributed by atoms with Crippen molar-refractivity contribution in [2.24, 2.45) is 0 Å². The third-order valence-electron chi connectivity index (χ3n) is 5.77. The molecule has 1 aliphatic heterocycles. The van der Waals surface area contributed by atoms with E-state index in [4.69, 9.17) is 14.2 Å². The summed E-state index contributed by atoms with van der Waals surface area (Å²) < 4.78 is 30.8. The summed E-state index contributed by atoms with van der Waals surface area (Å²) >= 11 is 0. The van der Waals surface area contributed by atoms with Gasteiger partial charge in [0.2, 0.25) is 0 Å². The zero-order valence-electron chi connectivity index (χ0n) is 22.5. The average Bonchev–Trinajstić information content (AvgIpc) is 2.87. The van der Waals surface area contributed by atoms with Gasteiger partial charge in [0, 0.05) is 38.8 Å². The molecule has 1 aromatic heterocycles. The Morgan fingerprint density at radius 1 is 1.11 bits per heavy atom. The molecule has 0 aliphatic carbocycles. The Kier molecular flexibility index (Phi) is 8.97. The fraction of sp³-hybridized carbons (Fsp3) is 0.462. The van der Waals surface area contributed by atoms with E-state index < -0.39 is 23.6 Å². The fourth-order valence-electron chi connectivity index (χ4n) is 3.88. The quantitative estimate of drug-likeness (QED) is 0.566. The van der Waals surface area contributed by atoms with Crippen LogP contribution >= 0.6 is 0 Å². The summed E-state index contributed by atoms with van der Waals surface area (Å²) in [5.74, 6) is 0.358. The van der Waals surface area contributed by atoms with Gasteiger partial charge in [-0.3, -0.25) is 0 Å². The summed E-state index contributed by atoms with van der Waals surface area (Å²) in [4.78, 5) is 37.9. The fourth-order valence-corrected chi connectivity index (χ4v) is 3.88. The number of aromatic nitrogens is 2. The highest BCUT2D eigenvalue weighted by atomic mass is 19.1. The van der Waals surface area contributed by atoms with Gasteiger partial charge in [0.1, 0.15) is 23.0 Å². The lowest BCUT2D eigenvalue weighted by Crippen LogP contribution is -2.49. The molecule has 11 nitrogen and oxygen atoms in total. The summed E-state index contributed by atoms with van der Waals surface area (Å²) in [6.07, 6.45) is 1.62. The maximum Gasteiger partial charge on any atom is 0.410 e. The molecular formula is C26H34FN5O6.